The molecule has 16 heavy (non-hydrogen) atoms. The van der Waals surface area contributed by atoms with Gasteiger partial charge in [0, 0.05) is 18.1 Å². The van der Waals surface area contributed by atoms with Crippen molar-refractivity contribution >= 4 is 0 Å². The van der Waals surface area contributed by atoms with Crippen LogP contribution in [-0.4, -0.2) is 37.1 Å². The fraction of sp³-hybridized carbons (Fsp3) is 1.00. The molecule has 0 heterocycles. The molecule has 0 radical (unpaired) electrons. The van der Waals surface area contributed by atoms with Gasteiger partial charge in [0.2, 0.25) is 0 Å². The summed E-state index contributed by atoms with van der Waals surface area (Å²) >= 11 is 0. The lowest BCUT2D eigenvalue weighted by Gasteiger charge is -2.37. The predicted octanol–water partition coefficient (Wildman–Crippen LogP) is 2.64. The van der Waals surface area contributed by atoms with Crippen LogP contribution in [0.2, 0.25) is 0 Å². The van der Waals surface area contributed by atoms with E-state index in [9.17, 15) is 0 Å². The van der Waals surface area contributed by atoms with Crippen molar-refractivity contribution in [3.05, 3.63) is 0 Å². The summed E-state index contributed by atoms with van der Waals surface area (Å²) in [5.41, 5.74) is 0. The highest BCUT2D eigenvalue weighted by atomic mass is 15.2. The van der Waals surface area contributed by atoms with Crippen LogP contribution in [0.25, 0.3) is 0 Å². The molecule has 0 aromatic carbocycles. The Labute approximate surface area is 101 Å². The molecule has 0 saturated heterocycles. The number of nitrogens with zero attached hydrogens (tertiary/aromatic N) is 1. The van der Waals surface area contributed by atoms with E-state index in [1.54, 1.807) is 0 Å². The van der Waals surface area contributed by atoms with Gasteiger partial charge < -0.3 is 10.2 Å². The van der Waals surface area contributed by atoms with Crippen molar-refractivity contribution in [2.75, 3.05) is 14.1 Å². The van der Waals surface area contributed by atoms with Crippen molar-refractivity contribution in [1.29, 1.82) is 0 Å². The van der Waals surface area contributed by atoms with Crippen LogP contribution in [0.1, 0.15) is 51.9 Å². The maximum absolute atomic E-state index is 3.43. The first-order valence-electron chi connectivity index (χ1n) is 7.10. The molecule has 2 fully saturated rings. The molecule has 1 N–H and O–H groups in total. The maximum atomic E-state index is 3.43. The highest BCUT2D eigenvalue weighted by Gasteiger charge is 2.31. The average molecular weight is 224 g/mol. The first-order valence-corrected chi connectivity index (χ1v) is 7.10. The van der Waals surface area contributed by atoms with Gasteiger partial charge in [-0.3, -0.25) is 0 Å². The fourth-order valence-corrected chi connectivity index (χ4v) is 3.66. The summed E-state index contributed by atoms with van der Waals surface area (Å²) in [6, 6.07) is 2.48. The lowest BCUT2D eigenvalue weighted by Crippen LogP contribution is -2.42. The minimum atomic E-state index is 0.772. The normalized spacial score (nSPS) is 40.5. The number of hydrogen-bond donors (Lipinski definition) is 1. The van der Waals surface area contributed by atoms with Gasteiger partial charge >= 0.3 is 0 Å². The van der Waals surface area contributed by atoms with Crippen LogP contribution >= 0.6 is 0 Å². The topological polar surface area (TPSA) is 15.3 Å². The summed E-state index contributed by atoms with van der Waals surface area (Å²) in [7, 11) is 4.47. The summed E-state index contributed by atoms with van der Waals surface area (Å²) in [6.07, 6.45) is 9.88. The van der Waals surface area contributed by atoms with Crippen LogP contribution in [0.4, 0.5) is 0 Å². The summed E-state index contributed by atoms with van der Waals surface area (Å²) in [4.78, 5) is 2.70. The molecule has 2 aliphatic carbocycles. The van der Waals surface area contributed by atoms with Gasteiger partial charge in [-0.2, -0.15) is 0 Å². The van der Waals surface area contributed by atoms with Crippen LogP contribution in [0, 0.1) is 5.92 Å². The zero-order chi connectivity index (χ0) is 11.5. The van der Waals surface area contributed by atoms with E-state index in [1.165, 1.54) is 44.9 Å². The second-order valence-electron chi connectivity index (χ2n) is 6.04. The monoisotopic (exact) mass is 224 g/mol. The quantitative estimate of drug-likeness (QED) is 0.793. The standard InChI is InChI=1S/C14H28N2/c1-11-5-4-6-13(9-11)16(3)14-8-7-12(10-14)15-2/h11-15H,4-10H2,1-3H3. The van der Waals surface area contributed by atoms with Crippen LogP contribution in [0.5, 0.6) is 0 Å². The van der Waals surface area contributed by atoms with Crippen LogP contribution in [-0.2, 0) is 0 Å². The first kappa shape index (κ1) is 12.4. The molecule has 4 atom stereocenters. The average Bonchev–Trinajstić information content (AvgIpc) is 2.76. The first-order chi connectivity index (χ1) is 7.70. The van der Waals surface area contributed by atoms with Crippen molar-refractivity contribution in [3.8, 4) is 0 Å². The van der Waals surface area contributed by atoms with Crippen LogP contribution in [0.3, 0.4) is 0 Å². The van der Waals surface area contributed by atoms with E-state index < -0.39 is 0 Å². The van der Waals surface area contributed by atoms with Crippen molar-refractivity contribution in [3.63, 3.8) is 0 Å². The van der Waals surface area contributed by atoms with E-state index in [0.717, 1.165) is 24.0 Å². The minimum Gasteiger partial charge on any atom is -0.317 e. The largest absolute Gasteiger partial charge is 0.317 e. The van der Waals surface area contributed by atoms with Gasteiger partial charge in [-0.15, -0.1) is 0 Å². The van der Waals surface area contributed by atoms with Crippen LogP contribution < -0.4 is 5.32 Å². The van der Waals surface area contributed by atoms with Gasteiger partial charge in [-0.1, -0.05) is 19.8 Å². The SMILES string of the molecule is CNC1CCC(N(C)C2CCCC(C)C2)C1. The molecule has 0 spiro atoms. The Balaban J connectivity index is 1.84. The lowest BCUT2D eigenvalue weighted by atomic mass is 9.86. The Bertz CT molecular complexity index is 217. The second kappa shape index (κ2) is 5.50. The maximum Gasteiger partial charge on any atom is 0.0110 e. The molecule has 2 saturated carbocycles. The molecule has 0 aromatic rings. The van der Waals surface area contributed by atoms with E-state index in [2.05, 4.69) is 31.2 Å². The summed E-state index contributed by atoms with van der Waals surface area (Å²) < 4.78 is 0. The minimum absolute atomic E-state index is 0.772. The third-order valence-corrected chi connectivity index (χ3v) is 4.87. The van der Waals surface area contributed by atoms with E-state index in [4.69, 9.17) is 0 Å². The molecule has 2 nitrogen and oxygen atoms in total. The second-order valence-corrected chi connectivity index (χ2v) is 6.04. The zero-order valence-electron chi connectivity index (χ0n) is 11.2. The van der Waals surface area contributed by atoms with Crippen LogP contribution in [0.15, 0.2) is 0 Å². The highest BCUT2D eigenvalue weighted by Crippen LogP contribution is 2.31. The molecule has 0 bridgehead atoms. The molecule has 0 aliphatic heterocycles. The molecular formula is C14H28N2. The predicted molar refractivity (Wildman–Crippen MR) is 69.7 cm³/mol. The molecule has 94 valence electrons. The third-order valence-electron chi connectivity index (χ3n) is 4.87. The number of nitrogens with one attached hydrogen (secondary N) is 1. The molecule has 0 amide bonds. The van der Waals surface area contributed by atoms with E-state index in [1.807, 2.05) is 0 Å². The summed E-state index contributed by atoms with van der Waals surface area (Å²) in [6.45, 7) is 2.42. The number of hydrogen-bond acceptors (Lipinski definition) is 2. The Morgan fingerprint density at radius 2 is 1.75 bits per heavy atom. The lowest BCUT2D eigenvalue weighted by molar-refractivity contribution is 0.119. The van der Waals surface area contributed by atoms with E-state index in [0.29, 0.717) is 0 Å². The summed E-state index contributed by atoms with van der Waals surface area (Å²) in [5.74, 6) is 0.947. The van der Waals surface area contributed by atoms with Gasteiger partial charge in [0.15, 0.2) is 0 Å². The Morgan fingerprint density at radius 3 is 2.38 bits per heavy atom. The third kappa shape index (κ3) is 2.78. The van der Waals surface area contributed by atoms with Crippen molar-refractivity contribution in [2.24, 2.45) is 5.92 Å². The molecule has 2 heteroatoms. The van der Waals surface area contributed by atoms with Gasteiger partial charge in [0.1, 0.15) is 0 Å². The molecule has 2 aliphatic rings. The van der Waals surface area contributed by atoms with Gasteiger partial charge in [-0.05, 0) is 52.1 Å². The Hall–Kier alpha value is -0.0800. The zero-order valence-corrected chi connectivity index (χ0v) is 11.2. The molecule has 4 unspecified atom stereocenters. The molecular weight excluding hydrogens is 196 g/mol. The fourth-order valence-electron chi connectivity index (χ4n) is 3.66. The summed E-state index contributed by atoms with van der Waals surface area (Å²) in [5, 5.41) is 3.43. The Morgan fingerprint density at radius 1 is 1.00 bits per heavy atom. The smallest absolute Gasteiger partial charge is 0.0110 e. The highest BCUT2D eigenvalue weighted by molar-refractivity contribution is 4.89. The van der Waals surface area contributed by atoms with Gasteiger partial charge in [-0.25, -0.2) is 0 Å². The number of rotatable bonds is 3. The Kier molecular flexibility index (Phi) is 4.26. The van der Waals surface area contributed by atoms with Gasteiger partial charge in [0.05, 0.1) is 0 Å². The van der Waals surface area contributed by atoms with Crippen molar-refractivity contribution < 1.29 is 0 Å². The van der Waals surface area contributed by atoms with E-state index in [-0.39, 0.29) is 0 Å². The molecule has 2 rings (SSSR count). The van der Waals surface area contributed by atoms with Crippen molar-refractivity contribution in [1.82, 2.24) is 10.2 Å². The van der Waals surface area contributed by atoms with Gasteiger partial charge in [0.25, 0.3) is 0 Å². The van der Waals surface area contributed by atoms with E-state index >= 15 is 0 Å². The van der Waals surface area contributed by atoms with Crippen molar-refractivity contribution in [2.45, 2.75) is 70.0 Å². The molecule has 0 aromatic heterocycles.